The summed E-state index contributed by atoms with van der Waals surface area (Å²) in [6.07, 6.45) is 0.769. The monoisotopic (exact) mass is 227 g/mol. The molecule has 0 saturated heterocycles. The van der Waals surface area contributed by atoms with E-state index in [2.05, 4.69) is 0 Å². The molecule has 0 spiro atoms. The van der Waals surface area contributed by atoms with Crippen LogP contribution in [0.1, 0.15) is 24.9 Å². The maximum absolute atomic E-state index is 13.5. The van der Waals surface area contributed by atoms with Crippen LogP contribution in [0.4, 0.5) is 4.39 Å². The zero-order chi connectivity index (χ0) is 12.0. The smallest absolute Gasteiger partial charge is 0.131 e. The fourth-order valence-electron chi connectivity index (χ4n) is 1.47. The SMILES string of the molecule is COCCCOc1cccc(F)c1C(C)N. The normalized spacial score (nSPS) is 12.5. The summed E-state index contributed by atoms with van der Waals surface area (Å²) in [7, 11) is 1.63. The van der Waals surface area contributed by atoms with E-state index in [1.807, 2.05) is 0 Å². The van der Waals surface area contributed by atoms with Crippen molar-refractivity contribution in [1.82, 2.24) is 0 Å². The highest BCUT2D eigenvalue weighted by Gasteiger charge is 2.13. The number of methoxy groups -OCH3 is 1. The summed E-state index contributed by atoms with van der Waals surface area (Å²) in [6, 6.07) is 4.36. The molecule has 2 N–H and O–H groups in total. The molecule has 0 saturated carbocycles. The lowest BCUT2D eigenvalue weighted by Crippen LogP contribution is -2.11. The standard InChI is InChI=1S/C12H18FNO2/c1-9(14)12-10(13)5-3-6-11(12)16-8-4-7-15-2/h3,5-6,9H,4,7-8,14H2,1-2H3. The van der Waals surface area contributed by atoms with Crippen LogP contribution >= 0.6 is 0 Å². The van der Waals surface area contributed by atoms with Crippen LogP contribution in [0.25, 0.3) is 0 Å². The van der Waals surface area contributed by atoms with Crippen molar-refractivity contribution in [2.75, 3.05) is 20.3 Å². The molecule has 1 aromatic rings. The lowest BCUT2D eigenvalue weighted by atomic mass is 10.1. The number of ether oxygens (including phenoxy) is 2. The Bertz CT molecular complexity index is 329. The molecular weight excluding hydrogens is 209 g/mol. The van der Waals surface area contributed by atoms with Crippen LogP contribution in [0, 0.1) is 5.82 Å². The van der Waals surface area contributed by atoms with Gasteiger partial charge in [0.25, 0.3) is 0 Å². The molecular formula is C12H18FNO2. The van der Waals surface area contributed by atoms with E-state index in [1.54, 1.807) is 26.2 Å². The molecule has 3 nitrogen and oxygen atoms in total. The van der Waals surface area contributed by atoms with Crippen molar-refractivity contribution in [3.63, 3.8) is 0 Å². The predicted molar refractivity (Wildman–Crippen MR) is 61.0 cm³/mol. The Labute approximate surface area is 95.4 Å². The second-order valence-electron chi connectivity index (χ2n) is 3.64. The Morgan fingerprint density at radius 2 is 2.12 bits per heavy atom. The van der Waals surface area contributed by atoms with Gasteiger partial charge in [-0.2, -0.15) is 0 Å². The highest BCUT2D eigenvalue weighted by molar-refractivity contribution is 5.36. The summed E-state index contributed by atoms with van der Waals surface area (Å²) in [5.41, 5.74) is 6.13. The first-order valence-electron chi connectivity index (χ1n) is 5.32. The van der Waals surface area contributed by atoms with Gasteiger partial charge in [0.2, 0.25) is 0 Å². The Hall–Kier alpha value is -1.13. The molecule has 0 aliphatic heterocycles. The van der Waals surface area contributed by atoms with Gasteiger partial charge in [-0.05, 0) is 19.1 Å². The van der Waals surface area contributed by atoms with Crippen molar-refractivity contribution in [3.05, 3.63) is 29.6 Å². The Morgan fingerprint density at radius 1 is 1.38 bits per heavy atom. The Kier molecular flexibility index (Phi) is 5.22. The maximum Gasteiger partial charge on any atom is 0.131 e. The quantitative estimate of drug-likeness (QED) is 0.758. The van der Waals surface area contributed by atoms with Gasteiger partial charge in [-0.3, -0.25) is 0 Å². The summed E-state index contributed by atoms with van der Waals surface area (Å²) in [6.45, 7) is 2.86. The molecule has 1 rings (SSSR count). The zero-order valence-electron chi connectivity index (χ0n) is 9.70. The van der Waals surface area contributed by atoms with Gasteiger partial charge in [0.15, 0.2) is 0 Å². The average Bonchev–Trinajstić information content (AvgIpc) is 2.24. The molecule has 0 amide bonds. The van der Waals surface area contributed by atoms with E-state index >= 15 is 0 Å². The predicted octanol–water partition coefficient (Wildman–Crippen LogP) is 2.26. The molecule has 0 aliphatic carbocycles. The van der Waals surface area contributed by atoms with E-state index in [9.17, 15) is 4.39 Å². The van der Waals surface area contributed by atoms with Gasteiger partial charge in [-0.15, -0.1) is 0 Å². The highest BCUT2D eigenvalue weighted by Crippen LogP contribution is 2.26. The van der Waals surface area contributed by atoms with Crippen LogP contribution in [0.3, 0.4) is 0 Å². The summed E-state index contributed by atoms with van der Waals surface area (Å²) in [5.74, 6) is 0.199. The molecule has 16 heavy (non-hydrogen) atoms. The average molecular weight is 227 g/mol. The van der Waals surface area contributed by atoms with Crippen molar-refractivity contribution in [2.45, 2.75) is 19.4 Å². The lowest BCUT2D eigenvalue weighted by Gasteiger charge is -2.14. The molecule has 1 aromatic carbocycles. The Morgan fingerprint density at radius 3 is 2.75 bits per heavy atom. The van der Waals surface area contributed by atoms with Crippen LogP contribution in [0.5, 0.6) is 5.75 Å². The number of halogens is 1. The van der Waals surface area contributed by atoms with Gasteiger partial charge in [0, 0.05) is 31.7 Å². The first-order valence-corrected chi connectivity index (χ1v) is 5.32. The summed E-state index contributed by atoms with van der Waals surface area (Å²) >= 11 is 0. The summed E-state index contributed by atoms with van der Waals surface area (Å²) in [5, 5.41) is 0. The van der Waals surface area contributed by atoms with Crippen molar-refractivity contribution in [1.29, 1.82) is 0 Å². The van der Waals surface area contributed by atoms with Crippen LogP contribution in [0.2, 0.25) is 0 Å². The molecule has 0 radical (unpaired) electrons. The second kappa shape index (κ2) is 6.45. The molecule has 1 atom stereocenters. The third-order valence-corrected chi connectivity index (χ3v) is 2.22. The first kappa shape index (κ1) is 12.9. The van der Waals surface area contributed by atoms with E-state index in [1.165, 1.54) is 6.07 Å². The van der Waals surface area contributed by atoms with Crippen molar-refractivity contribution in [3.8, 4) is 5.75 Å². The fraction of sp³-hybridized carbons (Fsp3) is 0.500. The van der Waals surface area contributed by atoms with Gasteiger partial charge in [-0.25, -0.2) is 4.39 Å². The maximum atomic E-state index is 13.5. The third-order valence-electron chi connectivity index (χ3n) is 2.22. The molecule has 0 fully saturated rings. The van der Waals surface area contributed by atoms with Crippen LogP contribution in [-0.4, -0.2) is 20.3 Å². The van der Waals surface area contributed by atoms with Crippen molar-refractivity contribution in [2.24, 2.45) is 5.73 Å². The van der Waals surface area contributed by atoms with E-state index in [0.29, 0.717) is 24.5 Å². The van der Waals surface area contributed by atoms with Crippen LogP contribution in [-0.2, 0) is 4.74 Å². The third kappa shape index (κ3) is 3.47. The molecule has 0 heterocycles. The van der Waals surface area contributed by atoms with Gasteiger partial charge >= 0.3 is 0 Å². The molecule has 1 unspecified atom stereocenters. The number of hydrogen-bond acceptors (Lipinski definition) is 3. The summed E-state index contributed by atoms with van der Waals surface area (Å²) in [4.78, 5) is 0. The number of rotatable bonds is 6. The van der Waals surface area contributed by atoms with E-state index in [4.69, 9.17) is 15.2 Å². The molecule has 4 heteroatoms. The Balaban J connectivity index is 2.67. The van der Waals surface area contributed by atoms with E-state index < -0.39 is 0 Å². The van der Waals surface area contributed by atoms with Gasteiger partial charge in [0.05, 0.1) is 6.61 Å². The van der Waals surface area contributed by atoms with Crippen molar-refractivity contribution >= 4 is 0 Å². The first-order chi connectivity index (χ1) is 7.66. The lowest BCUT2D eigenvalue weighted by molar-refractivity contribution is 0.171. The molecule has 0 aliphatic rings. The number of nitrogens with two attached hydrogens (primary N) is 1. The summed E-state index contributed by atoms with van der Waals surface area (Å²) < 4.78 is 23.9. The van der Waals surface area contributed by atoms with Crippen molar-refractivity contribution < 1.29 is 13.9 Å². The largest absolute Gasteiger partial charge is 0.493 e. The van der Waals surface area contributed by atoms with Gasteiger partial charge in [0.1, 0.15) is 11.6 Å². The second-order valence-corrected chi connectivity index (χ2v) is 3.64. The minimum atomic E-state index is -0.376. The molecule has 0 aromatic heterocycles. The fourth-order valence-corrected chi connectivity index (χ4v) is 1.47. The van der Waals surface area contributed by atoms with Crippen LogP contribution in [0.15, 0.2) is 18.2 Å². The molecule has 90 valence electrons. The number of benzene rings is 1. The van der Waals surface area contributed by atoms with Gasteiger partial charge in [-0.1, -0.05) is 6.07 Å². The minimum Gasteiger partial charge on any atom is -0.493 e. The van der Waals surface area contributed by atoms with Crippen LogP contribution < -0.4 is 10.5 Å². The topological polar surface area (TPSA) is 44.5 Å². The number of hydrogen-bond donors (Lipinski definition) is 1. The van der Waals surface area contributed by atoms with E-state index in [-0.39, 0.29) is 11.9 Å². The van der Waals surface area contributed by atoms with E-state index in [0.717, 1.165) is 6.42 Å². The van der Waals surface area contributed by atoms with Gasteiger partial charge < -0.3 is 15.2 Å². The zero-order valence-corrected chi connectivity index (χ0v) is 9.70. The highest BCUT2D eigenvalue weighted by atomic mass is 19.1. The minimum absolute atomic E-state index is 0.320. The molecule has 0 bridgehead atoms.